The molecule has 0 amide bonds. The minimum Gasteiger partial charge on any atom is -0.493 e. The van der Waals surface area contributed by atoms with Gasteiger partial charge in [-0.1, -0.05) is 41.9 Å². The molecule has 0 saturated heterocycles. The van der Waals surface area contributed by atoms with Crippen LogP contribution in [0.15, 0.2) is 42.5 Å². The summed E-state index contributed by atoms with van der Waals surface area (Å²) in [5.41, 5.74) is 2.24. The Kier molecular flexibility index (Phi) is 6.10. The van der Waals surface area contributed by atoms with Crippen LogP contribution in [0, 0.1) is 0 Å². The van der Waals surface area contributed by atoms with Crippen molar-refractivity contribution in [3.63, 3.8) is 0 Å². The Balaban J connectivity index is 2.16. The molecule has 0 aliphatic rings. The van der Waals surface area contributed by atoms with Crippen molar-refractivity contribution in [1.29, 1.82) is 0 Å². The lowest BCUT2D eigenvalue weighted by Gasteiger charge is -2.18. The summed E-state index contributed by atoms with van der Waals surface area (Å²) in [4.78, 5) is 0. The molecule has 0 aromatic heterocycles. The van der Waals surface area contributed by atoms with E-state index >= 15 is 0 Å². The molecule has 0 spiro atoms. The van der Waals surface area contributed by atoms with E-state index in [1.807, 2.05) is 31.2 Å². The number of methoxy groups -OCH3 is 1. The van der Waals surface area contributed by atoms with E-state index in [-0.39, 0.29) is 6.04 Å². The topological polar surface area (TPSA) is 30.5 Å². The molecule has 1 atom stereocenters. The Morgan fingerprint density at radius 1 is 1.18 bits per heavy atom. The maximum atomic E-state index is 6.17. The van der Waals surface area contributed by atoms with Gasteiger partial charge in [0.05, 0.1) is 13.7 Å². The second kappa shape index (κ2) is 8.06. The number of ether oxygens (including phenoxy) is 2. The van der Waals surface area contributed by atoms with E-state index in [9.17, 15) is 0 Å². The molecule has 0 bridgehead atoms. The Hall–Kier alpha value is -1.71. The average molecular weight is 320 g/mol. The fourth-order valence-corrected chi connectivity index (χ4v) is 2.57. The van der Waals surface area contributed by atoms with Crippen LogP contribution in [0.5, 0.6) is 11.5 Å². The zero-order valence-electron chi connectivity index (χ0n) is 13.2. The molecule has 0 fully saturated rings. The second-order valence-corrected chi connectivity index (χ2v) is 5.48. The van der Waals surface area contributed by atoms with Crippen LogP contribution >= 0.6 is 11.6 Å². The van der Waals surface area contributed by atoms with Gasteiger partial charge < -0.3 is 14.8 Å². The third kappa shape index (κ3) is 4.15. The molecule has 0 saturated carbocycles. The maximum Gasteiger partial charge on any atom is 0.165 e. The first-order valence-electron chi connectivity index (χ1n) is 7.43. The van der Waals surface area contributed by atoms with Crippen LogP contribution in [0.3, 0.4) is 0 Å². The van der Waals surface area contributed by atoms with E-state index in [1.165, 1.54) is 5.56 Å². The monoisotopic (exact) mass is 319 g/mol. The second-order valence-electron chi connectivity index (χ2n) is 5.04. The van der Waals surface area contributed by atoms with E-state index in [0.29, 0.717) is 23.9 Å². The minimum atomic E-state index is 0.237. The van der Waals surface area contributed by atoms with Gasteiger partial charge in [0.2, 0.25) is 0 Å². The average Bonchev–Trinajstić information content (AvgIpc) is 2.55. The van der Waals surface area contributed by atoms with E-state index < -0.39 is 0 Å². The fourth-order valence-electron chi connectivity index (χ4n) is 2.34. The first-order chi connectivity index (χ1) is 10.7. The number of hydrogen-bond acceptors (Lipinski definition) is 3. The van der Waals surface area contributed by atoms with Gasteiger partial charge in [-0.15, -0.1) is 0 Å². The van der Waals surface area contributed by atoms with Crippen LogP contribution in [-0.2, 0) is 6.54 Å². The Bertz CT molecular complexity index is 602. The Labute approximate surface area is 137 Å². The molecule has 2 aromatic rings. The van der Waals surface area contributed by atoms with Gasteiger partial charge in [-0.25, -0.2) is 0 Å². The van der Waals surface area contributed by atoms with Crippen molar-refractivity contribution >= 4 is 11.6 Å². The van der Waals surface area contributed by atoms with Gasteiger partial charge in [0.25, 0.3) is 0 Å². The van der Waals surface area contributed by atoms with Crippen LogP contribution in [0.2, 0.25) is 5.02 Å². The molecule has 1 unspecified atom stereocenters. The zero-order valence-corrected chi connectivity index (χ0v) is 14.0. The summed E-state index contributed by atoms with van der Waals surface area (Å²) in [5, 5.41) is 4.14. The summed E-state index contributed by atoms with van der Waals surface area (Å²) in [7, 11) is 1.62. The van der Waals surface area contributed by atoms with Crippen molar-refractivity contribution in [1.82, 2.24) is 5.32 Å². The van der Waals surface area contributed by atoms with Crippen molar-refractivity contribution in [2.24, 2.45) is 0 Å². The number of halogens is 1. The summed E-state index contributed by atoms with van der Waals surface area (Å²) in [5.74, 6) is 1.42. The smallest absolute Gasteiger partial charge is 0.165 e. The van der Waals surface area contributed by atoms with E-state index in [2.05, 4.69) is 24.4 Å². The highest BCUT2D eigenvalue weighted by Gasteiger charge is 2.13. The van der Waals surface area contributed by atoms with E-state index in [0.717, 1.165) is 11.3 Å². The molecule has 0 aliphatic carbocycles. The van der Waals surface area contributed by atoms with Crippen molar-refractivity contribution in [2.45, 2.75) is 26.4 Å². The van der Waals surface area contributed by atoms with Gasteiger partial charge >= 0.3 is 0 Å². The van der Waals surface area contributed by atoms with Gasteiger partial charge in [0.15, 0.2) is 11.5 Å². The van der Waals surface area contributed by atoms with E-state index in [4.69, 9.17) is 21.1 Å². The maximum absolute atomic E-state index is 6.17. The van der Waals surface area contributed by atoms with Crippen LogP contribution in [0.4, 0.5) is 0 Å². The molecule has 0 radical (unpaired) electrons. The zero-order chi connectivity index (χ0) is 15.9. The fraction of sp³-hybridized carbons (Fsp3) is 0.333. The molecule has 2 aromatic carbocycles. The van der Waals surface area contributed by atoms with Crippen molar-refractivity contribution in [3.8, 4) is 11.5 Å². The predicted octanol–water partition coefficient (Wildman–Crippen LogP) is 4.60. The van der Waals surface area contributed by atoms with Crippen molar-refractivity contribution in [2.75, 3.05) is 13.7 Å². The van der Waals surface area contributed by atoms with Crippen LogP contribution in [0.1, 0.15) is 31.0 Å². The molecule has 118 valence electrons. The highest BCUT2D eigenvalue weighted by atomic mass is 35.5. The third-order valence-corrected chi connectivity index (χ3v) is 3.72. The van der Waals surface area contributed by atoms with E-state index in [1.54, 1.807) is 13.2 Å². The van der Waals surface area contributed by atoms with Crippen LogP contribution in [-0.4, -0.2) is 13.7 Å². The first-order valence-corrected chi connectivity index (χ1v) is 7.81. The molecule has 2 rings (SSSR count). The Morgan fingerprint density at radius 2 is 1.91 bits per heavy atom. The molecule has 0 heterocycles. The predicted molar refractivity (Wildman–Crippen MR) is 90.9 cm³/mol. The van der Waals surface area contributed by atoms with Gasteiger partial charge in [-0.3, -0.25) is 0 Å². The normalized spacial score (nSPS) is 12.0. The van der Waals surface area contributed by atoms with Crippen LogP contribution < -0.4 is 14.8 Å². The molecular weight excluding hydrogens is 298 g/mol. The molecule has 3 nitrogen and oxygen atoms in total. The summed E-state index contributed by atoms with van der Waals surface area (Å²) in [6, 6.07) is 14.3. The van der Waals surface area contributed by atoms with Gasteiger partial charge in [0, 0.05) is 29.2 Å². The molecule has 0 aliphatic heterocycles. The van der Waals surface area contributed by atoms with Crippen LogP contribution in [0.25, 0.3) is 0 Å². The molecule has 4 heteroatoms. The molecule has 1 N–H and O–H groups in total. The summed E-state index contributed by atoms with van der Waals surface area (Å²) in [6.45, 7) is 5.33. The standard InChI is InChI=1S/C18H22ClNO2/c1-4-22-18-15(10-16(19)11-17(18)21-3)12-20-13(2)14-8-6-5-7-9-14/h5-11,13,20H,4,12H2,1-3H3. The SMILES string of the molecule is CCOc1c(CNC(C)c2ccccc2)cc(Cl)cc1OC. The largest absolute Gasteiger partial charge is 0.493 e. The Morgan fingerprint density at radius 3 is 2.55 bits per heavy atom. The number of benzene rings is 2. The lowest BCUT2D eigenvalue weighted by atomic mass is 10.1. The van der Waals surface area contributed by atoms with Gasteiger partial charge in [0.1, 0.15) is 0 Å². The summed E-state index contributed by atoms with van der Waals surface area (Å²) in [6.07, 6.45) is 0. The lowest BCUT2D eigenvalue weighted by molar-refractivity contribution is 0.306. The molecule has 22 heavy (non-hydrogen) atoms. The first kappa shape index (κ1) is 16.7. The highest BCUT2D eigenvalue weighted by Crippen LogP contribution is 2.35. The number of nitrogens with one attached hydrogen (secondary N) is 1. The highest BCUT2D eigenvalue weighted by molar-refractivity contribution is 6.30. The van der Waals surface area contributed by atoms with Crippen molar-refractivity contribution in [3.05, 3.63) is 58.6 Å². The quantitative estimate of drug-likeness (QED) is 0.809. The number of hydrogen-bond donors (Lipinski definition) is 1. The summed E-state index contributed by atoms with van der Waals surface area (Å²) < 4.78 is 11.1. The van der Waals surface area contributed by atoms with Gasteiger partial charge in [-0.2, -0.15) is 0 Å². The molecular formula is C18H22ClNO2. The summed E-state index contributed by atoms with van der Waals surface area (Å²) >= 11 is 6.17. The lowest BCUT2D eigenvalue weighted by Crippen LogP contribution is -2.18. The van der Waals surface area contributed by atoms with Gasteiger partial charge in [-0.05, 0) is 25.5 Å². The minimum absolute atomic E-state index is 0.237. The third-order valence-electron chi connectivity index (χ3n) is 3.50. The number of rotatable bonds is 7. The van der Waals surface area contributed by atoms with Crippen molar-refractivity contribution < 1.29 is 9.47 Å².